The molecule has 2 aromatic carbocycles. The third-order valence-corrected chi connectivity index (χ3v) is 3.61. The van der Waals surface area contributed by atoms with Crippen molar-refractivity contribution in [3.8, 4) is 23.0 Å². The number of alkyl halides is 2. The number of rotatable bonds is 6. The van der Waals surface area contributed by atoms with E-state index in [4.69, 9.17) is 14.2 Å². The molecule has 2 aromatic rings. The van der Waals surface area contributed by atoms with Crippen molar-refractivity contribution < 1.29 is 42.1 Å². The standard InChI is InChI=1S/C18H15F2NO7/c1-24-12-5-10(6-13(8-12)25-2)17(23)26-9-16(22)21-11-3-4-14-15(7-11)28-18(19,20)27-14/h3-8H,9H2,1-2H3,(H,21,22). The molecule has 1 amide bonds. The van der Waals surface area contributed by atoms with E-state index in [9.17, 15) is 18.4 Å². The molecule has 0 aliphatic carbocycles. The van der Waals surface area contributed by atoms with Gasteiger partial charge in [-0.05, 0) is 24.3 Å². The first-order valence-corrected chi connectivity index (χ1v) is 7.89. The normalized spacial score (nSPS) is 13.6. The Morgan fingerprint density at radius 3 is 2.29 bits per heavy atom. The van der Waals surface area contributed by atoms with Gasteiger partial charge in [0.1, 0.15) is 11.5 Å². The molecule has 10 heteroatoms. The van der Waals surface area contributed by atoms with Gasteiger partial charge in [0.15, 0.2) is 18.1 Å². The summed E-state index contributed by atoms with van der Waals surface area (Å²) < 4.78 is 49.6. The van der Waals surface area contributed by atoms with Gasteiger partial charge in [-0.2, -0.15) is 0 Å². The first-order chi connectivity index (χ1) is 13.3. The van der Waals surface area contributed by atoms with Crippen LogP contribution in [-0.2, 0) is 9.53 Å². The molecule has 0 bridgehead atoms. The van der Waals surface area contributed by atoms with Crippen LogP contribution in [0.25, 0.3) is 0 Å². The highest BCUT2D eigenvalue weighted by Crippen LogP contribution is 2.42. The van der Waals surface area contributed by atoms with Crippen molar-refractivity contribution in [1.29, 1.82) is 0 Å². The van der Waals surface area contributed by atoms with E-state index in [-0.39, 0.29) is 22.7 Å². The Labute approximate surface area is 157 Å². The zero-order valence-corrected chi connectivity index (χ0v) is 14.8. The fourth-order valence-electron chi connectivity index (χ4n) is 2.36. The molecule has 1 heterocycles. The Bertz CT molecular complexity index is 895. The number of ether oxygens (including phenoxy) is 5. The molecule has 1 aliphatic rings. The van der Waals surface area contributed by atoms with Crippen molar-refractivity contribution >= 4 is 17.6 Å². The predicted octanol–water partition coefficient (Wildman–Crippen LogP) is 2.82. The molecule has 0 fully saturated rings. The van der Waals surface area contributed by atoms with E-state index in [1.165, 1.54) is 44.6 Å². The fourth-order valence-corrected chi connectivity index (χ4v) is 2.36. The van der Waals surface area contributed by atoms with Crippen molar-refractivity contribution in [2.24, 2.45) is 0 Å². The van der Waals surface area contributed by atoms with Gasteiger partial charge in [0.2, 0.25) is 0 Å². The first kappa shape index (κ1) is 19.2. The fraction of sp³-hybridized carbons (Fsp3) is 0.222. The molecule has 0 unspecified atom stereocenters. The molecule has 1 aliphatic heterocycles. The van der Waals surface area contributed by atoms with Gasteiger partial charge in [-0.3, -0.25) is 4.79 Å². The summed E-state index contributed by atoms with van der Waals surface area (Å²) in [7, 11) is 2.86. The van der Waals surface area contributed by atoms with Crippen LogP contribution in [0.2, 0.25) is 0 Å². The summed E-state index contributed by atoms with van der Waals surface area (Å²) in [4.78, 5) is 24.1. The minimum atomic E-state index is -3.75. The van der Waals surface area contributed by atoms with Crippen LogP contribution in [0.3, 0.4) is 0 Å². The number of methoxy groups -OCH3 is 2. The Kier molecular flexibility index (Phi) is 5.21. The van der Waals surface area contributed by atoms with E-state index in [0.29, 0.717) is 11.5 Å². The molecule has 0 saturated carbocycles. The Morgan fingerprint density at radius 2 is 1.64 bits per heavy atom. The average Bonchev–Trinajstić information content (AvgIpc) is 2.98. The molecule has 28 heavy (non-hydrogen) atoms. The number of fused-ring (bicyclic) bond motifs is 1. The monoisotopic (exact) mass is 395 g/mol. The molecule has 1 N–H and O–H groups in total. The number of carbonyl (C=O) groups excluding carboxylic acids is 2. The second kappa shape index (κ2) is 7.59. The Balaban J connectivity index is 1.59. The minimum absolute atomic E-state index is 0.134. The van der Waals surface area contributed by atoms with Gasteiger partial charge in [0.25, 0.3) is 5.91 Å². The van der Waals surface area contributed by atoms with E-state index in [1.807, 2.05) is 0 Å². The van der Waals surface area contributed by atoms with E-state index in [2.05, 4.69) is 14.8 Å². The number of benzene rings is 2. The third-order valence-electron chi connectivity index (χ3n) is 3.61. The lowest BCUT2D eigenvalue weighted by Crippen LogP contribution is -2.25. The topological polar surface area (TPSA) is 92.3 Å². The zero-order valence-electron chi connectivity index (χ0n) is 14.8. The quantitative estimate of drug-likeness (QED) is 0.752. The van der Waals surface area contributed by atoms with Crippen LogP contribution in [0.5, 0.6) is 23.0 Å². The molecule has 3 rings (SSSR count). The highest BCUT2D eigenvalue weighted by atomic mass is 19.3. The Hall–Kier alpha value is -3.56. The Morgan fingerprint density at radius 1 is 1.00 bits per heavy atom. The minimum Gasteiger partial charge on any atom is -0.497 e. The second-order valence-electron chi connectivity index (χ2n) is 5.55. The summed E-state index contributed by atoms with van der Waals surface area (Å²) in [5.74, 6) is -1.04. The number of nitrogens with one attached hydrogen (secondary N) is 1. The maximum absolute atomic E-state index is 13.0. The van der Waals surface area contributed by atoms with Crippen LogP contribution in [0.4, 0.5) is 14.5 Å². The summed E-state index contributed by atoms with van der Waals surface area (Å²) in [5, 5.41) is 2.40. The van der Waals surface area contributed by atoms with Crippen molar-refractivity contribution in [1.82, 2.24) is 0 Å². The largest absolute Gasteiger partial charge is 0.586 e. The van der Waals surface area contributed by atoms with Gasteiger partial charge < -0.3 is 29.0 Å². The van der Waals surface area contributed by atoms with E-state index < -0.39 is 24.8 Å². The summed E-state index contributed by atoms with van der Waals surface area (Å²) in [6, 6.07) is 8.17. The van der Waals surface area contributed by atoms with Gasteiger partial charge in [-0.15, -0.1) is 8.78 Å². The van der Waals surface area contributed by atoms with Crippen LogP contribution < -0.4 is 24.3 Å². The van der Waals surface area contributed by atoms with Crippen LogP contribution in [0.1, 0.15) is 10.4 Å². The molecule has 0 radical (unpaired) electrons. The molecule has 0 spiro atoms. The number of halogens is 2. The summed E-state index contributed by atoms with van der Waals surface area (Å²) in [6.45, 7) is -0.594. The van der Waals surface area contributed by atoms with Gasteiger partial charge >= 0.3 is 12.3 Å². The van der Waals surface area contributed by atoms with Crippen LogP contribution in [-0.4, -0.2) is 39.0 Å². The highest BCUT2D eigenvalue weighted by Gasteiger charge is 2.43. The lowest BCUT2D eigenvalue weighted by Gasteiger charge is -2.09. The number of hydrogen-bond acceptors (Lipinski definition) is 7. The highest BCUT2D eigenvalue weighted by molar-refractivity contribution is 5.96. The maximum atomic E-state index is 13.0. The van der Waals surface area contributed by atoms with E-state index >= 15 is 0 Å². The van der Waals surface area contributed by atoms with Gasteiger partial charge in [0, 0.05) is 17.8 Å². The average molecular weight is 395 g/mol. The van der Waals surface area contributed by atoms with Crippen molar-refractivity contribution in [3.63, 3.8) is 0 Å². The smallest absolute Gasteiger partial charge is 0.497 e. The maximum Gasteiger partial charge on any atom is 0.586 e. The van der Waals surface area contributed by atoms with Gasteiger partial charge in [-0.25, -0.2) is 4.79 Å². The van der Waals surface area contributed by atoms with Crippen LogP contribution in [0, 0.1) is 0 Å². The number of esters is 1. The molecular weight excluding hydrogens is 380 g/mol. The summed E-state index contributed by atoms with van der Waals surface area (Å²) in [6.07, 6.45) is -3.75. The number of anilines is 1. The van der Waals surface area contributed by atoms with Crippen molar-refractivity contribution in [2.45, 2.75) is 6.29 Å². The summed E-state index contributed by atoms with van der Waals surface area (Å²) in [5.41, 5.74) is 0.304. The predicted molar refractivity (Wildman–Crippen MR) is 91.1 cm³/mol. The van der Waals surface area contributed by atoms with Gasteiger partial charge in [-0.1, -0.05) is 0 Å². The number of carbonyl (C=O) groups is 2. The molecule has 0 saturated heterocycles. The number of amides is 1. The third kappa shape index (κ3) is 4.40. The first-order valence-electron chi connectivity index (χ1n) is 7.89. The molecule has 148 valence electrons. The van der Waals surface area contributed by atoms with Crippen molar-refractivity contribution in [3.05, 3.63) is 42.0 Å². The molecule has 8 nitrogen and oxygen atoms in total. The summed E-state index contributed by atoms with van der Waals surface area (Å²) >= 11 is 0. The van der Waals surface area contributed by atoms with E-state index in [0.717, 1.165) is 0 Å². The van der Waals surface area contributed by atoms with Crippen molar-refractivity contribution in [2.75, 3.05) is 26.1 Å². The lowest BCUT2D eigenvalue weighted by atomic mass is 10.2. The van der Waals surface area contributed by atoms with Gasteiger partial charge in [0.05, 0.1) is 19.8 Å². The zero-order chi connectivity index (χ0) is 20.3. The molecule has 0 aromatic heterocycles. The van der Waals surface area contributed by atoms with E-state index in [1.54, 1.807) is 6.07 Å². The molecule has 0 atom stereocenters. The second-order valence-corrected chi connectivity index (χ2v) is 5.55. The lowest BCUT2D eigenvalue weighted by molar-refractivity contribution is -0.286. The SMILES string of the molecule is COc1cc(OC)cc(C(=O)OCC(=O)Nc2ccc3c(c2)OC(F)(F)O3)c1. The van der Waals surface area contributed by atoms with Crippen LogP contribution in [0.15, 0.2) is 36.4 Å². The van der Waals surface area contributed by atoms with Crippen LogP contribution >= 0.6 is 0 Å². The molecular formula is C18H15F2NO7. The number of hydrogen-bond donors (Lipinski definition) is 1.